The quantitative estimate of drug-likeness (QED) is 0.493. The predicted molar refractivity (Wildman–Crippen MR) is 106 cm³/mol. The molecule has 0 radical (unpaired) electrons. The van der Waals surface area contributed by atoms with Crippen LogP contribution in [0.5, 0.6) is 0 Å². The number of nitrogens with zero attached hydrogens (tertiary/aromatic N) is 3. The summed E-state index contributed by atoms with van der Waals surface area (Å²) in [6, 6.07) is 8.01. The lowest BCUT2D eigenvalue weighted by atomic mass is 9.82. The van der Waals surface area contributed by atoms with Gasteiger partial charge in [-0.15, -0.1) is 0 Å². The second kappa shape index (κ2) is 8.33. The zero-order valence-corrected chi connectivity index (χ0v) is 16.3. The van der Waals surface area contributed by atoms with Crippen LogP contribution in [0.15, 0.2) is 29.4 Å². The summed E-state index contributed by atoms with van der Waals surface area (Å²) in [6.07, 6.45) is 8.33. The predicted octanol–water partition coefficient (Wildman–Crippen LogP) is 2.62. The summed E-state index contributed by atoms with van der Waals surface area (Å²) in [6.45, 7) is 1.35. The van der Waals surface area contributed by atoms with E-state index in [-0.39, 0.29) is 23.9 Å². The van der Waals surface area contributed by atoms with Gasteiger partial charge < -0.3 is 15.0 Å². The minimum absolute atomic E-state index is 0.0160. The van der Waals surface area contributed by atoms with E-state index in [1.54, 1.807) is 4.90 Å². The number of amides is 2. The molecule has 1 N–H and O–H groups in total. The van der Waals surface area contributed by atoms with Crippen molar-refractivity contribution in [2.24, 2.45) is 11.1 Å². The average Bonchev–Trinajstić information content (AvgIpc) is 3.37. The maximum atomic E-state index is 13.1. The molecule has 6 nitrogen and oxygen atoms in total. The Bertz CT molecular complexity index is 763. The number of benzene rings is 1. The number of oxime groups is 1. The Morgan fingerprint density at radius 1 is 1.07 bits per heavy atom. The number of likely N-dealkylation sites (tertiary alicyclic amines) is 2. The first-order chi connectivity index (χ1) is 13.7. The zero-order valence-electron chi connectivity index (χ0n) is 16.3. The summed E-state index contributed by atoms with van der Waals surface area (Å²) in [5.41, 5.74) is 2.77. The van der Waals surface area contributed by atoms with Crippen LogP contribution in [0.1, 0.15) is 49.7 Å². The topological polar surface area (TPSA) is 73.2 Å². The first-order valence-electron chi connectivity index (χ1n) is 10.5. The molecule has 2 fully saturated rings. The molecule has 150 valence electrons. The van der Waals surface area contributed by atoms with Crippen molar-refractivity contribution >= 4 is 18.0 Å². The van der Waals surface area contributed by atoms with Gasteiger partial charge >= 0.3 is 0 Å². The largest absolute Gasteiger partial charge is 0.411 e. The number of aryl methyl sites for hydroxylation is 1. The van der Waals surface area contributed by atoms with Crippen LogP contribution in [0, 0.1) is 5.92 Å². The van der Waals surface area contributed by atoms with Crippen molar-refractivity contribution in [1.82, 2.24) is 9.80 Å². The van der Waals surface area contributed by atoms with Gasteiger partial charge in [-0.2, -0.15) is 0 Å². The van der Waals surface area contributed by atoms with Gasteiger partial charge in [0.2, 0.25) is 11.8 Å². The molecule has 4 rings (SSSR count). The van der Waals surface area contributed by atoms with E-state index in [2.05, 4.69) is 29.4 Å². The first-order valence-corrected chi connectivity index (χ1v) is 10.5. The third-order valence-electron chi connectivity index (χ3n) is 6.59. The molecule has 1 aromatic rings. The summed E-state index contributed by atoms with van der Waals surface area (Å²) in [7, 11) is 0. The lowest BCUT2D eigenvalue weighted by molar-refractivity contribution is -0.144. The Morgan fingerprint density at radius 3 is 2.64 bits per heavy atom. The minimum Gasteiger partial charge on any atom is -0.411 e. The third-order valence-corrected chi connectivity index (χ3v) is 6.59. The maximum Gasteiger partial charge on any atom is 0.245 e. The van der Waals surface area contributed by atoms with Gasteiger partial charge in [0.05, 0.1) is 12.3 Å². The molecule has 2 aliphatic heterocycles. The average molecular weight is 383 g/mol. The van der Waals surface area contributed by atoms with Gasteiger partial charge in [0.1, 0.15) is 6.04 Å². The van der Waals surface area contributed by atoms with Gasteiger partial charge in [-0.3, -0.25) is 9.59 Å². The summed E-state index contributed by atoms with van der Waals surface area (Å²) in [4.78, 5) is 29.7. The number of hydrogen-bond acceptors (Lipinski definition) is 4. The number of carbonyl (C=O) groups is 2. The Labute approximate surface area is 166 Å². The molecule has 0 unspecified atom stereocenters. The van der Waals surface area contributed by atoms with E-state index >= 15 is 0 Å². The van der Waals surface area contributed by atoms with E-state index in [1.807, 2.05) is 4.90 Å². The van der Waals surface area contributed by atoms with Gasteiger partial charge in [-0.25, -0.2) is 0 Å². The lowest BCUT2D eigenvalue weighted by Gasteiger charge is -2.31. The highest BCUT2D eigenvalue weighted by molar-refractivity contribution is 5.90. The highest BCUT2D eigenvalue weighted by atomic mass is 16.4. The fraction of sp³-hybridized carbons (Fsp3) is 0.591. The molecule has 2 saturated heterocycles. The smallest absolute Gasteiger partial charge is 0.245 e. The monoisotopic (exact) mass is 383 g/mol. The summed E-state index contributed by atoms with van der Waals surface area (Å²) >= 11 is 0. The van der Waals surface area contributed by atoms with Crippen LogP contribution in [0.2, 0.25) is 0 Å². The van der Waals surface area contributed by atoms with Crippen LogP contribution in [0.4, 0.5) is 0 Å². The zero-order chi connectivity index (χ0) is 19.5. The second-order valence-electron chi connectivity index (χ2n) is 8.33. The van der Waals surface area contributed by atoms with Crippen molar-refractivity contribution in [3.63, 3.8) is 0 Å². The number of hydrogen-bond donors (Lipinski definition) is 1. The van der Waals surface area contributed by atoms with Crippen molar-refractivity contribution < 1.29 is 14.8 Å². The second-order valence-corrected chi connectivity index (χ2v) is 8.33. The minimum atomic E-state index is -0.351. The highest BCUT2D eigenvalue weighted by Gasteiger charge is 2.40. The molecule has 28 heavy (non-hydrogen) atoms. The van der Waals surface area contributed by atoms with Crippen LogP contribution in [-0.4, -0.2) is 58.2 Å². The van der Waals surface area contributed by atoms with Gasteiger partial charge in [0, 0.05) is 19.5 Å². The highest BCUT2D eigenvalue weighted by Crippen LogP contribution is 2.30. The maximum absolute atomic E-state index is 13.1. The van der Waals surface area contributed by atoms with Gasteiger partial charge in [0.25, 0.3) is 0 Å². The summed E-state index contributed by atoms with van der Waals surface area (Å²) in [5.74, 6) is 0.494. The van der Waals surface area contributed by atoms with E-state index in [1.165, 1.54) is 17.3 Å². The fourth-order valence-electron chi connectivity index (χ4n) is 5.12. The summed E-state index contributed by atoms with van der Waals surface area (Å²) < 4.78 is 0. The van der Waals surface area contributed by atoms with Gasteiger partial charge in [-0.1, -0.05) is 29.4 Å². The molecule has 3 atom stereocenters. The van der Waals surface area contributed by atoms with Crippen LogP contribution in [0.25, 0.3) is 0 Å². The third kappa shape index (κ3) is 3.77. The van der Waals surface area contributed by atoms with Crippen molar-refractivity contribution in [1.29, 1.82) is 0 Å². The fourth-order valence-corrected chi connectivity index (χ4v) is 5.12. The number of carbonyl (C=O) groups excluding carboxylic acids is 2. The Balaban J connectivity index is 1.39. The molecular weight excluding hydrogens is 354 g/mol. The molecule has 0 saturated carbocycles. The number of fused-ring (bicyclic) bond motifs is 1. The molecule has 6 heteroatoms. The Morgan fingerprint density at radius 2 is 1.82 bits per heavy atom. The number of rotatable bonds is 4. The first kappa shape index (κ1) is 19.0. The van der Waals surface area contributed by atoms with Crippen molar-refractivity contribution in [3.8, 4) is 0 Å². The molecule has 2 heterocycles. The Hall–Kier alpha value is -2.37. The van der Waals surface area contributed by atoms with Crippen molar-refractivity contribution in [2.75, 3.05) is 13.1 Å². The molecule has 0 spiro atoms. The van der Waals surface area contributed by atoms with E-state index in [9.17, 15) is 9.59 Å². The lowest BCUT2D eigenvalue weighted by Crippen LogP contribution is -2.50. The standard InChI is InChI=1S/C22H29N3O3/c26-21(14-16-9-10-17-5-1-2-6-18(17)13-16)25-12-4-8-20(25)22(27)24-11-3-7-19(24)15-23-28/h1-2,5-6,15-16,19-20,28H,3-4,7-14H2/t16-,19-,20-/m0/s1. The van der Waals surface area contributed by atoms with E-state index in [4.69, 9.17) is 5.21 Å². The van der Waals surface area contributed by atoms with Crippen molar-refractivity contribution in [2.45, 2.75) is 63.5 Å². The molecule has 1 aromatic carbocycles. The molecular formula is C22H29N3O3. The van der Waals surface area contributed by atoms with Gasteiger partial charge in [-0.05, 0) is 62.0 Å². The SMILES string of the molecule is O=C([C@@H]1CCCN1C(=O)C[C@H]1CCc2ccccc2C1)N1CCC[C@H]1C=NO. The Kier molecular flexibility index (Phi) is 5.64. The molecule has 0 aromatic heterocycles. The van der Waals surface area contributed by atoms with E-state index < -0.39 is 0 Å². The van der Waals surface area contributed by atoms with Crippen LogP contribution in [0.3, 0.4) is 0 Å². The normalized spacial score (nSPS) is 27.4. The van der Waals surface area contributed by atoms with E-state index in [0.717, 1.165) is 44.9 Å². The molecule has 0 bridgehead atoms. The van der Waals surface area contributed by atoms with Crippen LogP contribution < -0.4 is 0 Å². The van der Waals surface area contributed by atoms with Crippen LogP contribution in [-0.2, 0) is 22.4 Å². The van der Waals surface area contributed by atoms with Gasteiger partial charge in [0.15, 0.2) is 0 Å². The molecule has 1 aliphatic carbocycles. The molecule has 3 aliphatic rings. The molecule has 2 amide bonds. The van der Waals surface area contributed by atoms with Crippen molar-refractivity contribution in [3.05, 3.63) is 35.4 Å². The summed E-state index contributed by atoms with van der Waals surface area (Å²) in [5, 5.41) is 12.0. The van der Waals surface area contributed by atoms with E-state index in [0.29, 0.717) is 25.4 Å². The van der Waals surface area contributed by atoms with Crippen LogP contribution >= 0.6 is 0 Å².